The van der Waals surface area contributed by atoms with E-state index in [1.165, 1.54) is 41.5 Å². The summed E-state index contributed by atoms with van der Waals surface area (Å²) in [5, 5.41) is 0.266. The molecule has 4 rings (SSSR count). The van der Waals surface area contributed by atoms with Crippen LogP contribution < -0.4 is 4.74 Å². The molecule has 0 spiro atoms. The zero-order valence-corrected chi connectivity index (χ0v) is 15.1. The quantitative estimate of drug-likeness (QED) is 0.489. The van der Waals surface area contributed by atoms with Gasteiger partial charge in [0.1, 0.15) is 12.1 Å². The minimum atomic E-state index is -4.84. The number of hydrogen-bond acceptors (Lipinski definition) is 4. The molecule has 5 nitrogen and oxygen atoms in total. The second-order valence-electron chi connectivity index (χ2n) is 6.33. The van der Waals surface area contributed by atoms with Crippen LogP contribution in [0.1, 0.15) is 15.9 Å². The van der Waals surface area contributed by atoms with Crippen LogP contribution >= 0.6 is 0 Å². The number of carbonyl (C=O) groups excluding carboxylic acids is 1. The summed E-state index contributed by atoms with van der Waals surface area (Å²) in [5.41, 5.74) is 2.53. The summed E-state index contributed by atoms with van der Waals surface area (Å²) in [5.74, 6) is -0.841. The van der Waals surface area contributed by atoms with Crippen molar-refractivity contribution in [3.63, 3.8) is 0 Å². The molecule has 146 valence electrons. The van der Waals surface area contributed by atoms with Crippen molar-refractivity contribution in [1.29, 1.82) is 0 Å². The van der Waals surface area contributed by atoms with Crippen molar-refractivity contribution in [2.24, 2.45) is 0 Å². The number of hydrogen-bond donors (Lipinski definition) is 0. The highest BCUT2D eigenvalue weighted by atomic mass is 19.4. The Kier molecular flexibility index (Phi) is 4.54. The molecule has 0 bridgehead atoms. The molecule has 0 aliphatic carbocycles. The molecular weight excluding hydrogens is 383 g/mol. The van der Waals surface area contributed by atoms with Crippen molar-refractivity contribution in [2.45, 2.75) is 13.3 Å². The summed E-state index contributed by atoms with van der Waals surface area (Å²) in [7, 11) is 0. The predicted octanol–water partition coefficient (Wildman–Crippen LogP) is 4.99. The lowest BCUT2D eigenvalue weighted by atomic mass is 9.97. The number of imidazole rings is 1. The lowest BCUT2D eigenvalue weighted by molar-refractivity contribution is -0.274. The van der Waals surface area contributed by atoms with E-state index in [9.17, 15) is 18.0 Å². The Balaban J connectivity index is 1.99. The van der Waals surface area contributed by atoms with Gasteiger partial charge in [-0.05, 0) is 30.7 Å². The van der Waals surface area contributed by atoms with Gasteiger partial charge in [-0.2, -0.15) is 0 Å². The van der Waals surface area contributed by atoms with E-state index >= 15 is 0 Å². The maximum atomic E-state index is 13.2. The van der Waals surface area contributed by atoms with Crippen molar-refractivity contribution in [2.75, 3.05) is 0 Å². The molecule has 4 aromatic rings. The van der Waals surface area contributed by atoms with Crippen LogP contribution in [-0.4, -0.2) is 26.8 Å². The highest BCUT2D eigenvalue weighted by molar-refractivity contribution is 6.10. The first-order chi connectivity index (χ1) is 13.8. The smallest absolute Gasteiger partial charge is 0.406 e. The average Bonchev–Trinajstić information content (AvgIpc) is 3.21. The van der Waals surface area contributed by atoms with Crippen LogP contribution in [-0.2, 0) is 0 Å². The number of rotatable bonds is 3. The summed E-state index contributed by atoms with van der Waals surface area (Å²) in [4.78, 5) is 21.6. The molecule has 0 aliphatic heterocycles. The minimum absolute atomic E-state index is 0.236. The molecule has 0 N–H and O–H groups in total. The molecule has 0 aliphatic rings. The molecular formula is C21H14F3N3O2. The maximum absolute atomic E-state index is 13.2. The minimum Gasteiger partial charge on any atom is -0.406 e. The standard InChI is InChI=1S/C21H14F3N3O2/c1-13-18(20(28)27-10-9-25-12-27)16-11-15(29-21(22,23)24)7-8-17(16)26-19(13)14-5-3-2-4-6-14/h2-12H,1H3. The Morgan fingerprint density at radius 1 is 1.10 bits per heavy atom. The van der Waals surface area contributed by atoms with Crippen LogP contribution in [0.15, 0.2) is 67.3 Å². The number of nitrogens with zero attached hydrogens (tertiary/aromatic N) is 3. The lowest BCUT2D eigenvalue weighted by Crippen LogP contribution is -2.17. The number of fused-ring (bicyclic) bond motifs is 1. The zero-order valence-electron chi connectivity index (χ0n) is 15.1. The van der Waals surface area contributed by atoms with Crippen molar-refractivity contribution >= 4 is 16.8 Å². The third-order valence-electron chi connectivity index (χ3n) is 4.43. The number of aromatic nitrogens is 3. The summed E-state index contributed by atoms with van der Waals surface area (Å²) in [6.45, 7) is 1.72. The highest BCUT2D eigenvalue weighted by Gasteiger charge is 2.31. The molecule has 29 heavy (non-hydrogen) atoms. The summed E-state index contributed by atoms with van der Waals surface area (Å²) in [6, 6.07) is 13.0. The fourth-order valence-corrected chi connectivity index (χ4v) is 3.20. The molecule has 0 atom stereocenters. The number of halogens is 3. The summed E-state index contributed by atoms with van der Waals surface area (Å²) < 4.78 is 43.3. The molecule has 0 amide bonds. The van der Waals surface area contributed by atoms with E-state index < -0.39 is 18.0 Å². The van der Waals surface area contributed by atoms with E-state index in [1.807, 2.05) is 30.3 Å². The van der Waals surface area contributed by atoms with Gasteiger partial charge in [-0.3, -0.25) is 9.36 Å². The van der Waals surface area contributed by atoms with Crippen LogP contribution in [0.2, 0.25) is 0 Å². The highest BCUT2D eigenvalue weighted by Crippen LogP contribution is 2.33. The number of carbonyl (C=O) groups is 1. The van der Waals surface area contributed by atoms with E-state index in [4.69, 9.17) is 0 Å². The second kappa shape index (κ2) is 7.05. The topological polar surface area (TPSA) is 57.0 Å². The predicted molar refractivity (Wildman–Crippen MR) is 101 cm³/mol. The van der Waals surface area contributed by atoms with Crippen LogP contribution in [0.4, 0.5) is 13.2 Å². The van der Waals surface area contributed by atoms with E-state index in [1.54, 1.807) is 6.92 Å². The van der Waals surface area contributed by atoms with E-state index in [0.29, 0.717) is 16.8 Å². The van der Waals surface area contributed by atoms with Gasteiger partial charge in [-0.25, -0.2) is 9.97 Å². The number of alkyl halides is 3. The Hall–Kier alpha value is -3.68. The molecule has 0 radical (unpaired) electrons. The Bertz CT molecular complexity index is 1190. The Labute approximate surface area is 163 Å². The zero-order chi connectivity index (χ0) is 20.6. The van der Waals surface area contributed by atoms with Gasteiger partial charge in [0, 0.05) is 23.3 Å². The molecule has 8 heteroatoms. The van der Waals surface area contributed by atoms with Crippen LogP contribution in [0.3, 0.4) is 0 Å². The molecule has 0 saturated carbocycles. The molecule has 0 fully saturated rings. The number of ether oxygens (including phenoxy) is 1. The first-order valence-corrected chi connectivity index (χ1v) is 8.61. The Morgan fingerprint density at radius 2 is 1.86 bits per heavy atom. The van der Waals surface area contributed by atoms with E-state index in [-0.39, 0.29) is 10.9 Å². The molecule has 2 aromatic carbocycles. The summed E-state index contributed by atoms with van der Waals surface area (Å²) >= 11 is 0. The molecule has 2 aromatic heterocycles. The maximum Gasteiger partial charge on any atom is 0.573 e. The van der Waals surface area contributed by atoms with Crippen LogP contribution in [0.5, 0.6) is 5.75 Å². The van der Waals surface area contributed by atoms with Gasteiger partial charge in [0.05, 0.1) is 16.8 Å². The van der Waals surface area contributed by atoms with Crippen molar-refractivity contribution < 1.29 is 22.7 Å². The fourth-order valence-electron chi connectivity index (χ4n) is 3.20. The third kappa shape index (κ3) is 3.69. The van der Waals surface area contributed by atoms with Gasteiger partial charge in [0.25, 0.3) is 5.91 Å². The van der Waals surface area contributed by atoms with Crippen LogP contribution in [0, 0.1) is 6.92 Å². The second-order valence-corrected chi connectivity index (χ2v) is 6.33. The number of pyridine rings is 1. The van der Waals surface area contributed by atoms with Crippen molar-refractivity contribution in [3.8, 4) is 17.0 Å². The number of benzene rings is 2. The van der Waals surface area contributed by atoms with Crippen molar-refractivity contribution in [3.05, 3.63) is 78.4 Å². The normalized spacial score (nSPS) is 11.6. The van der Waals surface area contributed by atoms with Gasteiger partial charge >= 0.3 is 6.36 Å². The van der Waals surface area contributed by atoms with Gasteiger partial charge in [0.2, 0.25) is 0 Å². The first kappa shape index (κ1) is 18.7. The van der Waals surface area contributed by atoms with Gasteiger partial charge in [-0.1, -0.05) is 30.3 Å². The van der Waals surface area contributed by atoms with Gasteiger partial charge in [0.15, 0.2) is 0 Å². The van der Waals surface area contributed by atoms with E-state index in [0.717, 1.165) is 5.56 Å². The molecule has 0 saturated heterocycles. The monoisotopic (exact) mass is 397 g/mol. The molecule has 0 unspecified atom stereocenters. The first-order valence-electron chi connectivity index (χ1n) is 8.61. The molecule has 2 heterocycles. The summed E-state index contributed by atoms with van der Waals surface area (Å²) in [6.07, 6.45) is -0.569. The van der Waals surface area contributed by atoms with Crippen LogP contribution in [0.25, 0.3) is 22.2 Å². The lowest BCUT2D eigenvalue weighted by Gasteiger charge is -2.16. The van der Waals surface area contributed by atoms with Gasteiger partial charge in [-0.15, -0.1) is 13.2 Å². The largest absolute Gasteiger partial charge is 0.573 e. The van der Waals surface area contributed by atoms with Gasteiger partial charge < -0.3 is 4.74 Å². The third-order valence-corrected chi connectivity index (χ3v) is 4.43. The SMILES string of the molecule is Cc1c(-c2ccccc2)nc2ccc(OC(F)(F)F)cc2c1C(=O)n1ccnc1. The average molecular weight is 397 g/mol. The Morgan fingerprint density at radius 3 is 2.52 bits per heavy atom. The van der Waals surface area contributed by atoms with E-state index in [2.05, 4.69) is 14.7 Å². The van der Waals surface area contributed by atoms with Crippen molar-refractivity contribution in [1.82, 2.24) is 14.5 Å². The fraction of sp³-hybridized carbons (Fsp3) is 0.0952.